The molecule has 0 spiro atoms. The Morgan fingerprint density at radius 3 is 2.48 bits per heavy atom. The fourth-order valence-electron chi connectivity index (χ4n) is 2.94. The SMILES string of the molecule is CCN(CC)CCOc1ccc(/C=C2/C(=O)Nc3ccccc32)cc1. The molecule has 0 saturated carbocycles. The summed E-state index contributed by atoms with van der Waals surface area (Å²) in [4.78, 5) is 14.5. The topological polar surface area (TPSA) is 41.6 Å². The lowest BCUT2D eigenvalue weighted by atomic mass is 10.0. The molecule has 1 aliphatic heterocycles. The highest BCUT2D eigenvalue weighted by atomic mass is 16.5. The Morgan fingerprint density at radius 2 is 1.76 bits per heavy atom. The molecule has 0 saturated heterocycles. The highest BCUT2D eigenvalue weighted by Crippen LogP contribution is 2.32. The van der Waals surface area contributed by atoms with Crippen LogP contribution in [0.2, 0.25) is 0 Å². The van der Waals surface area contributed by atoms with E-state index in [1.807, 2.05) is 54.6 Å². The number of benzene rings is 2. The molecule has 3 rings (SSSR count). The quantitative estimate of drug-likeness (QED) is 0.780. The summed E-state index contributed by atoms with van der Waals surface area (Å²) in [6.45, 7) is 7.99. The highest BCUT2D eigenvalue weighted by molar-refractivity contribution is 6.34. The monoisotopic (exact) mass is 336 g/mol. The molecular formula is C21H24N2O2. The average Bonchev–Trinajstić information content (AvgIpc) is 2.96. The summed E-state index contributed by atoms with van der Waals surface area (Å²) in [7, 11) is 0. The van der Waals surface area contributed by atoms with Gasteiger partial charge in [0.05, 0.1) is 0 Å². The lowest BCUT2D eigenvalue weighted by Gasteiger charge is -2.18. The van der Waals surface area contributed by atoms with Crippen molar-refractivity contribution in [1.29, 1.82) is 0 Å². The Labute approximate surface area is 149 Å². The van der Waals surface area contributed by atoms with Crippen LogP contribution in [0.15, 0.2) is 48.5 Å². The second-order valence-corrected chi connectivity index (χ2v) is 6.00. The molecule has 1 amide bonds. The molecule has 130 valence electrons. The molecule has 25 heavy (non-hydrogen) atoms. The number of carbonyl (C=O) groups excluding carboxylic acids is 1. The molecule has 0 fully saturated rings. The number of hydrogen-bond acceptors (Lipinski definition) is 3. The third kappa shape index (κ3) is 4.09. The van der Waals surface area contributed by atoms with Gasteiger partial charge < -0.3 is 15.0 Å². The van der Waals surface area contributed by atoms with E-state index in [0.717, 1.165) is 42.2 Å². The Bertz CT molecular complexity index is 762. The Hall–Kier alpha value is -2.59. The molecule has 1 heterocycles. The largest absolute Gasteiger partial charge is 0.492 e. The van der Waals surface area contributed by atoms with Gasteiger partial charge in [-0.2, -0.15) is 0 Å². The fourth-order valence-corrected chi connectivity index (χ4v) is 2.94. The van der Waals surface area contributed by atoms with Crippen LogP contribution in [0.3, 0.4) is 0 Å². The average molecular weight is 336 g/mol. The summed E-state index contributed by atoms with van der Waals surface area (Å²) in [5.41, 5.74) is 3.51. The predicted octanol–water partition coefficient (Wildman–Crippen LogP) is 3.90. The van der Waals surface area contributed by atoms with Crippen LogP contribution in [0.4, 0.5) is 5.69 Å². The first-order chi connectivity index (χ1) is 12.2. The molecule has 0 unspecified atom stereocenters. The van der Waals surface area contributed by atoms with Crippen molar-refractivity contribution >= 4 is 23.2 Å². The van der Waals surface area contributed by atoms with E-state index in [0.29, 0.717) is 12.2 Å². The number of para-hydroxylation sites is 1. The first-order valence-corrected chi connectivity index (χ1v) is 8.79. The van der Waals surface area contributed by atoms with E-state index < -0.39 is 0 Å². The van der Waals surface area contributed by atoms with E-state index in [-0.39, 0.29) is 5.91 Å². The number of likely N-dealkylation sites (N-methyl/N-ethyl adjacent to an activating group) is 1. The molecule has 0 radical (unpaired) electrons. The van der Waals surface area contributed by atoms with Gasteiger partial charge >= 0.3 is 0 Å². The number of hydrogen-bond donors (Lipinski definition) is 1. The maximum atomic E-state index is 12.2. The smallest absolute Gasteiger partial charge is 0.256 e. The van der Waals surface area contributed by atoms with Crippen molar-refractivity contribution in [2.45, 2.75) is 13.8 Å². The number of fused-ring (bicyclic) bond motifs is 1. The van der Waals surface area contributed by atoms with E-state index >= 15 is 0 Å². The third-order valence-corrected chi connectivity index (χ3v) is 4.47. The van der Waals surface area contributed by atoms with Crippen LogP contribution >= 0.6 is 0 Å². The van der Waals surface area contributed by atoms with Gasteiger partial charge in [-0.15, -0.1) is 0 Å². The molecule has 0 aromatic heterocycles. The normalized spacial score (nSPS) is 14.7. The molecule has 1 aliphatic rings. The van der Waals surface area contributed by atoms with Gasteiger partial charge in [-0.1, -0.05) is 44.2 Å². The van der Waals surface area contributed by atoms with Gasteiger partial charge in [0.1, 0.15) is 12.4 Å². The molecule has 0 atom stereocenters. The molecule has 0 aliphatic carbocycles. The first-order valence-electron chi connectivity index (χ1n) is 8.79. The summed E-state index contributed by atoms with van der Waals surface area (Å²) >= 11 is 0. The van der Waals surface area contributed by atoms with Crippen LogP contribution in [-0.2, 0) is 4.79 Å². The predicted molar refractivity (Wildman–Crippen MR) is 103 cm³/mol. The van der Waals surface area contributed by atoms with Gasteiger partial charge in [-0.05, 0) is 42.9 Å². The minimum absolute atomic E-state index is 0.0549. The zero-order valence-electron chi connectivity index (χ0n) is 14.8. The number of rotatable bonds is 7. The second kappa shape index (κ2) is 7.99. The highest BCUT2D eigenvalue weighted by Gasteiger charge is 2.23. The number of nitrogens with zero attached hydrogens (tertiary/aromatic N) is 1. The zero-order valence-corrected chi connectivity index (χ0v) is 14.8. The van der Waals surface area contributed by atoms with Crippen molar-refractivity contribution in [3.8, 4) is 5.75 Å². The van der Waals surface area contributed by atoms with Crippen LogP contribution in [0.5, 0.6) is 5.75 Å². The second-order valence-electron chi connectivity index (χ2n) is 6.00. The van der Waals surface area contributed by atoms with Crippen LogP contribution < -0.4 is 10.1 Å². The van der Waals surface area contributed by atoms with Crippen molar-refractivity contribution in [2.24, 2.45) is 0 Å². The molecule has 4 nitrogen and oxygen atoms in total. The Balaban J connectivity index is 1.66. The number of anilines is 1. The summed E-state index contributed by atoms with van der Waals surface area (Å²) in [6, 6.07) is 15.6. The van der Waals surface area contributed by atoms with Gasteiger partial charge in [0.15, 0.2) is 0 Å². The fraction of sp³-hybridized carbons (Fsp3) is 0.286. The van der Waals surface area contributed by atoms with Crippen molar-refractivity contribution in [1.82, 2.24) is 4.90 Å². The molecular weight excluding hydrogens is 312 g/mol. The molecule has 4 heteroatoms. The lowest BCUT2D eigenvalue weighted by molar-refractivity contribution is -0.110. The van der Waals surface area contributed by atoms with Gasteiger partial charge in [0.2, 0.25) is 0 Å². The van der Waals surface area contributed by atoms with E-state index in [1.165, 1.54) is 0 Å². The van der Waals surface area contributed by atoms with E-state index in [1.54, 1.807) is 0 Å². The zero-order chi connectivity index (χ0) is 17.6. The van der Waals surface area contributed by atoms with Crippen molar-refractivity contribution in [3.05, 3.63) is 59.7 Å². The maximum Gasteiger partial charge on any atom is 0.256 e. The Kier molecular flexibility index (Phi) is 5.51. The maximum absolute atomic E-state index is 12.2. The van der Waals surface area contributed by atoms with Crippen LogP contribution in [0.25, 0.3) is 11.6 Å². The summed E-state index contributed by atoms with van der Waals surface area (Å²) in [5, 5.41) is 2.89. The van der Waals surface area contributed by atoms with E-state index in [4.69, 9.17) is 4.74 Å². The minimum atomic E-state index is -0.0549. The summed E-state index contributed by atoms with van der Waals surface area (Å²) in [6.07, 6.45) is 1.92. The molecule has 1 N–H and O–H groups in total. The number of amides is 1. The van der Waals surface area contributed by atoms with Crippen molar-refractivity contribution in [3.63, 3.8) is 0 Å². The number of nitrogens with one attached hydrogen (secondary N) is 1. The lowest BCUT2D eigenvalue weighted by Crippen LogP contribution is -2.27. The number of ether oxygens (including phenoxy) is 1. The first kappa shape index (κ1) is 17.2. The third-order valence-electron chi connectivity index (χ3n) is 4.47. The van der Waals surface area contributed by atoms with E-state index in [9.17, 15) is 4.79 Å². The summed E-state index contributed by atoms with van der Waals surface area (Å²) in [5.74, 6) is 0.798. The number of carbonyl (C=O) groups is 1. The van der Waals surface area contributed by atoms with Crippen molar-refractivity contribution in [2.75, 3.05) is 31.6 Å². The standard InChI is InChI=1S/C21H24N2O2/c1-3-23(4-2)13-14-25-17-11-9-16(10-12-17)15-19-18-7-5-6-8-20(18)22-21(19)24/h5-12,15H,3-4,13-14H2,1-2H3,(H,22,24)/b19-15+. The van der Waals surface area contributed by atoms with Crippen molar-refractivity contribution < 1.29 is 9.53 Å². The van der Waals surface area contributed by atoms with Gasteiger partial charge in [-0.25, -0.2) is 0 Å². The van der Waals surface area contributed by atoms with Gasteiger partial charge in [0.25, 0.3) is 5.91 Å². The van der Waals surface area contributed by atoms with Gasteiger partial charge in [-0.3, -0.25) is 4.79 Å². The van der Waals surface area contributed by atoms with Crippen LogP contribution in [0.1, 0.15) is 25.0 Å². The van der Waals surface area contributed by atoms with Crippen LogP contribution in [-0.4, -0.2) is 37.0 Å². The molecule has 0 bridgehead atoms. The molecule has 2 aromatic carbocycles. The summed E-state index contributed by atoms with van der Waals surface area (Å²) < 4.78 is 5.80. The Morgan fingerprint density at radius 1 is 1.04 bits per heavy atom. The molecule has 2 aromatic rings. The van der Waals surface area contributed by atoms with E-state index in [2.05, 4.69) is 24.1 Å². The van der Waals surface area contributed by atoms with Gasteiger partial charge in [0, 0.05) is 23.4 Å². The minimum Gasteiger partial charge on any atom is -0.492 e. The van der Waals surface area contributed by atoms with Crippen LogP contribution in [0, 0.1) is 0 Å².